The molecular weight excluding hydrogens is 428 g/mol. The van der Waals surface area contributed by atoms with Gasteiger partial charge in [-0.25, -0.2) is 0 Å². The highest BCUT2D eigenvalue weighted by Crippen LogP contribution is 2.35. The highest BCUT2D eigenvalue weighted by Gasteiger charge is 2.38. The summed E-state index contributed by atoms with van der Waals surface area (Å²) in [6, 6.07) is 15.3. The van der Waals surface area contributed by atoms with Crippen LogP contribution in [0.4, 0.5) is 5.69 Å². The maximum atomic E-state index is 13.0. The van der Waals surface area contributed by atoms with Gasteiger partial charge < -0.3 is 19.7 Å². The van der Waals surface area contributed by atoms with E-state index in [1.54, 1.807) is 17.0 Å². The van der Waals surface area contributed by atoms with E-state index < -0.39 is 0 Å². The lowest BCUT2D eigenvalue weighted by molar-refractivity contribution is -0.126. The number of nitrogens with one attached hydrogen (secondary N) is 1. The van der Waals surface area contributed by atoms with Crippen LogP contribution >= 0.6 is 11.6 Å². The van der Waals surface area contributed by atoms with Gasteiger partial charge >= 0.3 is 0 Å². The van der Waals surface area contributed by atoms with Crippen molar-refractivity contribution in [3.8, 4) is 5.75 Å². The molecule has 0 aliphatic carbocycles. The van der Waals surface area contributed by atoms with Gasteiger partial charge in [0.05, 0.1) is 12.5 Å². The highest BCUT2D eigenvalue weighted by atomic mass is 35.5. The van der Waals surface area contributed by atoms with E-state index in [4.69, 9.17) is 21.1 Å². The molecule has 1 unspecified atom stereocenters. The number of halogens is 1. The normalized spacial score (nSPS) is 20.2. The number of amides is 2. The molecule has 0 spiro atoms. The van der Waals surface area contributed by atoms with Crippen molar-refractivity contribution in [1.29, 1.82) is 0 Å². The lowest BCUT2D eigenvalue weighted by Gasteiger charge is -2.38. The summed E-state index contributed by atoms with van der Waals surface area (Å²) in [6.45, 7) is 4.82. The number of carbonyl (C=O) groups excluding carboxylic acids is 2. The molecule has 7 heteroatoms. The minimum atomic E-state index is -0.365. The summed E-state index contributed by atoms with van der Waals surface area (Å²) >= 11 is 5.95. The summed E-state index contributed by atoms with van der Waals surface area (Å²) in [5.41, 5.74) is 1.76. The van der Waals surface area contributed by atoms with Crippen LogP contribution in [-0.2, 0) is 19.7 Å². The molecule has 0 bridgehead atoms. The molecule has 2 saturated heterocycles. The summed E-state index contributed by atoms with van der Waals surface area (Å²) in [5, 5.41) is 3.77. The van der Waals surface area contributed by atoms with Crippen molar-refractivity contribution >= 4 is 29.1 Å². The van der Waals surface area contributed by atoms with Gasteiger partial charge in [0.15, 0.2) is 0 Å². The van der Waals surface area contributed by atoms with Crippen LogP contribution in [0.2, 0.25) is 5.02 Å². The van der Waals surface area contributed by atoms with E-state index in [2.05, 4.69) is 17.4 Å². The maximum Gasteiger partial charge on any atom is 0.227 e. The summed E-state index contributed by atoms with van der Waals surface area (Å²) in [6.07, 6.45) is 1.89. The molecule has 6 nitrogen and oxygen atoms in total. The molecule has 2 heterocycles. The molecule has 170 valence electrons. The Kier molecular flexibility index (Phi) is 7.01. The summed E-state index contributed by atoms with van der Waals surface area (Å²) in [4.78, 5) is 27.2. The Bertz CT molecular complexity index is 939. The van der Waals surface area contributed by atoms with Gasteiger partial charge in [0.25, 0.3) is 0 Å². The first kappa shape index (κ1) is 22.6. The van der Waals surface area contributed by atoms with Gasteiger partial charge in [-0.1, -0.05) is 23.7 Å². The van der Waals surface area contributed by atoms with Crippen molar-refractivity contribution in [3.05, 3.63) is 59.1 Å². The molecule has 0 aromatic heterocycles. The van der Waals surface area contributed by atoms with Crippen LogP contribution in [0, 0.1) is 5.92 Å². The van der Waals surface area contributed by atoms with Crippen molar-refractivity contribution in [2.24, 2.45) is 5.92 Å². The Morgan fingerprint density at radius 1 is 1.16 bits per heavy atom. The average molecular weight is 457 g/mol. The molecule has 0 radical (unpaired) electrons. The van der Waals surface area contributed by atoms with Gasteiger partial charge in [-0.2, -0.15) is 0 Å². The number of benzene rings is 2. The summed E-state index contributed by atoms with van der Waals surface area (Å²) in [7, 11) is 0. The van der Waals surface area contributed by atoms with Gasteiger partial charge in [0.1, 0.15) is 5.75 Å². The topological polar surface area (TPSA) is 67.9 Å². The number of hydrogen-bond acceptors (Lipinski definition) is 4. The number of carbonyl (C=O) groups is 2. The molecule has 32 heavy (non-hydrogen) atoms. The largest absolute Gasteiger partial charge is 0.494 e. The first-order chi connectivity index (χ1) is 15.5. The first-order valence-electron chi connectivity index (χ1n) is 11.2. The highest BCUT2D eigenvalue weighted by molar-refractivity contribution is 6.30. The van der Waals surface area contributed by atoms with E-state index in [0.29, 0.717) is 37.9 Å². The lowest BCUT2D eigenvalue weighted by atomic mass is 9.74. The fraction of sp³-hybridized carbons (Fsp3) is 0.440. The molecule has 2 aromatic rings. The Morgan fingerprint density at radius 2 is 1.84 bits per heavy atom. The van der Waals surface area contributed by atoms with Crippen LogP contribution in [0.5, 0.6) is 5.75 Å². The third-order valence-electron chi connectivity index (χ3n) is 6.46. The molecule has 2 aliphatic rings. The predicted octanol–water partition coefficient (Wildman–Crippen LogP) is 3.96. The fourth-order valence-corrected chi connectivity index (χ4v) is 4.68. The predicted molar refractivity (Wildman–Crippen MR) is 124 cm³/mol. The Labute approximate surface area is 193 Å². The molecule has 0 saturated carbocycles. The van der Waals surface area contributed by atoms with Gasteiger partial charge in [-0.05, 0) is 61.7 Å². The van der Waals surface area contributed by atoms with Crippen molar-refractivity contribution in [2.45, 2.75) is 31.6 Å². The second-order valence-corrected chi connectivity index (χ2v) is 8.89. The van der Waals surface area contributed by atoms with E-state index in [1.807, 2.05) is 31.2 Å². The molecule has 1 N–H and O–H groups in total. The fourth-order valence-electron chi connectivity index (χ4n) is 4.56. The van der Waals surface area contributed by atoms with Gasteiger partial charge in [-0.15, -0.1) is 0 Å². The molecular formula is C25H29ClN2O4. The Morgan fingerprint density at radius 3 is 2.50 bits per heavy atom. The molecule has 2 fully saturated rings. The second kappa shape index (κ2) is 9.92. The average Bonchev–Trinajstić information content (AvgIpc) is 3.21. The van der Waals surface area contributed by atoms with Crippen molar-refractivity contribution < 1.29 is 19.1 Å². The van der Waals surface area contributed by atoms with Crippen LogP contribution in [0.25, 0.3) is 0 Å². The van der Waals surface area contributed by atoms with Gasteiger partial charge in [0.2, 0.25) is 11.8 Å². The van der Waals surface area contributed by atoms with Crippen LogP contribution in [0.15, 0.2) is 48.5 Å². The summed E-state index contributed by atoms with van der Waals surface area (Å²) in [5.74, 6) is 0.357. The number of ether oxygens (including phenoxy) is 2. The monoisotopic (exact) mass is 456 g/mol. The number of nitrogens with zero attached hydrogens (tertiary/aromatic N) is 1. The van der Waals surface area contributed by atoms with Gasteiger partial charge in [0, 0.05) is 48.8 Å². The molecule has 4 rings (SSSR count). The first-order valence-corrected chi connectivity index (χ1v) is 11.5. The smallest absolute Gasteiger partial charge is 0.227 e. The third-order valence-corrected chi connectivity index (χ3v) is 6.71. The van der Waals surface area contributed by atoms with Crippen LogP contribution < -0.4 is 15.0 Å². The van der Waals surface area contributed by atoms with Crippen LogP contribution in [0.3, 0.4) is 0 Å². The Balaban J connectivity index is 1.42. The third kappa shape index (κ3) is 4.92. The van der Waals surface area contributed by atoms with E-state index >= 15 is 0 Å². The zero-order valence-corrected chi connectivity index (χ0v) is 19.1. The van der Waals surface area contributed by atoms with E-state index in [0.717, 1.165) is 24.3 Å². The van der Waals surface area contributed by atoms with E-state index in [1.165, 1.54) is 5.56 Å². The van der Waals surface area contributed by atoms with Crippen LogP contribution in [0.1, 0.15) is 31.7 Å². The number of rotatable bonds is 7. The van der Waals surface area contributed by atoms with E-state index in [9.17, 15) is 9.59 Å². The molecule has 2 aromatic carbocycles. The van der Waals surface area contributed by atoms with E-state index in [-0.39, 0.29) is 29.6 Å². The van der Waals surface area contributed by atoms with Gasteiger partial charge in [-0.3, -0.25) is 9.59 Å². The molecule has 2 aliphatic heterocycles. The molecule has 2 amide bonds. The van der Waals surface area contributed by atoms with Crippen molar-refractivity contribution in [1.82, 2.24) is 5.32 Å². The minimum Gasteiger partial charge on any atom is -0.494 e. The van der Waals surface area contributed by atoms with Crippen molar-refractivity contribution in [2.75, 3.05) is 37.8 Å². The quantitative estimate of drug-likeness (QED) is 0.684. The minimum absolute atomic E-state index is 0.0419. The summed E-state index contributed by atoms with van der Waals surface area (Å²) < 4.78 is 11.2. The number of hydrogen-bond donors (Lipinski definition) is 1. The standard InChI is InChI=1S/C25H29ClN2O4/c1-2-32-22-9-3-19(4-10-22)25(11-13-31-14-12-25)17-27-24(30)18-15-23(29)28(16-18)21-7-5-20(26)6-8-21/h3-10,18H,2,11-17H2,1H3,(H,27,30). The maximum absolute atomic E-state index is 13.0. The lowest BCUT2D eigenvalue weighted by Crippen LogP contribution is -2.46. The second-order valence-electron chi connectivity index (χ2n) is 8.45. The zero-order chi connectivity index (χ0) is 22.6. The van der Waals surface area contributed by atoms with Crippen LogP contribution in [-0.4, -0.2) is 44.7 Å². The zero-order valence-electron chi connectivity index (χ0n) is 18.3. The van der Waals surface area contributed by atoms with Crippen molar-refractivity contribution in [3.63, 3.8) is 0 Å². The Hall–Kier alpha value is -2.57. The SMILES string of the molecule is CCOc1ccc(C2(CNC(=O)C3CC(=O)N(c4ccc(Cl)cc4)C3)CCOCC2)cc1. The molecule has 1 atom stereocenters. The number of anilines is 1.